The second-order valence-corrected chi connectivity index (χ2v) is 8.84. The summed E-state index contributed by atoms with van der Waals surface area (Å²) in [6.07, 6.45) is 1.96. The Morgan fingerprint density at radius 3 is 2.25 bits per heavy atom. The first-order valence-electron chi connectivity index (χ1n) is 9.17. The molecule has 0 bridgehead atoms. The Balaban J connectivity index is 1.87. The van der Waals surface area contributed by atoms with Gasteiger partial charge in [-0.15, -0.1) is 0 Å². The highest BCUT2D eigenvalue weighted by Gasteiger charge is 2.66. The number of sulfonamides is 1. The van der Waals surface area contributed by atoms with Crippen molar-refractivity contribution in [1.82, 2.24) is 4.31 Å². The molecule has 1 aliphatic rings. The smallest absolute Gasteiger partial charge is 0.267 e. The van der Waals surface area contributed by atoms with Crippen molar-refractivity contribution in [2.24, 2.45) is 0 Å². The van der Waals surface area contributed by atoms with Crippen LogP contribution in [0, 0.1) is 6.92 Å². The van der Waals surface area contributed by atoms with E-state index in [4.69, 9.17) is 4.42 Å². The molecular formula is C22H21NO4S. The molecule has 0 saturated carbocycles. The molecule has 5 nitrogen and oxygen atoms in total. The zero-order valence-electron chi connectivity index (χ0n) is 15.7. The molecule has 0 N–H and O–H groups in total. The minimum atomic E-state index is -4.01. The van der Waals surface area contributed by atoms with Gasteiger partial charge in [0.15, 0.2) is 0 Å². The Kier molecular flexibility index (Phi) is 4.38. The average Bonchev–Trinajstić information content (AvgIpc) is 3.21. The van der Waals surface area contributed by atoms with E-state index >= 15 is 0 Å². The van der Waals surface area contributed by atoms with E-state index < -0.39 is 27.4 Å². The van der Waals surface area contributed by atoms with Crippen molar-refractivity contribution in [2.45, 2.75) is 36.6 Å². The summed E-state index contributed by atoms with van der Waals surface area (Å²) in [6, 6.07) is 18.5. The van der Waals surface area contributed by atoms with Gasteiger partial charge in [-0.3, -0.25) is 4.79 Å². The van der Waals surface area contributed by atoms with E-state index in [9.17, 15) is 13.2 Å². The number of carbonyl (C=O) groups excluding carboxylic acids is 1. The molecule has 1 aliphatic heterocycles. The molecule has 1 saturated heterocycles. The van der Waals surface area contributed by atoms with Crippen LogP contribution in [0.4, 0.5) is 0 Å². The van der Waals surface area contributed by atoms with E-state index in [2.05, 4.69) is 0 Å². The highest BCUT2D eigenvalue weighted by molar-refractivity contribution is 7.89. The van der Waals surface area contributed by atoms with Gasteiger partial charge in [0.05, 0.1) is 11.2 Å². The number of aryl methyl sites for hydroxylation is 1. The fraction of sp³-hybridized carbons (Fsp3) is 0.227. The van der Waals surface area contributed by atoms with E-state index in [0.29, 0.717) is 12.2 Å². The van der Waals surface area contributed by atoms with Crippen molar-refractivity contribution in [2.75, 3.05) is 0 Å². The molecule has 6 heteroatoms. The Morgan fingerprint density at radius 1 is 1.00 bits per heavy atom. The number of nitrogens with zero attached hydrogens (tertiary/aromatic N) is 1. The topological polar surface area (TPSA) is 67.6 Å². The van der Waals surface area contributed by atoms with Crippen LogP contribution in [0.1, 0.15) is 36.3 Å². The van der Waals surface area contributed by atoms with Gasteiger partial charge in [0, 0.05) is 0 Å². The first kappa shape index (κ1) is 18.5. The number of benzene rings is 2. The maximum absolute atomic E-state index is 13.4. The standard InChI is InChI=1S/C22H21NO4S/c1-3-22(17-8-5-4-6-9-17)20(19-10-7-15-27-19)23(21(22)24)28(25,26)18-13-11-16(2)12-14-18/h4-15,20H,3H2,1-2H3/t20-,22+/m1/s1. The number of amides is 1. The lowest BCUT2D eigenvalue weighted by molar-refractivity contribution is -0.152. The van der Waals surface area contributed by atoms with Gasteiger partial charge in [-0.2, -0.15) is 0 Å². The number of hydrogen-bond donors (Lipinski definition) is 0. The van der Waals surface area contributed by atoms with Crippen LogP contribution in [0.15, 0.2) is 82.3 Å². The van der Waals surface area contributed by atoms with Crippen LogP contribution in [0.25, 0.3) is 0 Å². The van der Waals surface area contributed by atoms with Crippen molar-refractivity contribution in [3.8, 4) is 0 Å². The van der Waals surface area contributed by atoms with Gasteiger partial charge >= 0.3 is 0 Å². The zero-order valence-corrected chi connectivity index (χ0v) is 16.5. The normalized spacial score (nSPS) is 22.1. The van der Waals surface area contributed by atoms with Gasteiger partial charge in [-0.1, -0.05) is 55.0 Å². The summed E-state index contributed by atoms with van der Waals surface area (Å²) in [4.78, 5) is 13.5. The van der Waals surface area contributed by atoms with Gasteiger partial charge in [0.2, 0.25) is 5.91 Å². The second-order valence-electron chi connectivity index (χ2n) is 7.03. The molecule has 1 aromatic heterocycles. The van der Waals surface area contributed by atoms with Crippen molar-refractivity contribution >= 4 is 15.9 Å². The summed E-state index contributed by atoms with van der Waals surface area (Å²) < 4.78 is 33.2. The van der Waals surface area contributed by atoms with Crippen LogP contribution in [0.2, 0.25) is 0 Å². The van der Waals surface area contributed by atoms with Crippen LogP contribution in [-0.4, -0.2) is 18.6 Å². The quantitative estimate of drug-likeness (QED) is 0.607. The molecule has 0 unspecified atom stereocenters. The molecule has 0 radical (unpaired) electrons. The van der Waals surface area contributed by atoms with Gasteiger partial charge < -0.3 is 4.42 Å². The SMILES string of the molecule is CC[C@@]1(c2ccccc2)C(=O)N(S(=O)(=O)c2ccc(C)cc2)[C@@H]1c1ccco1. The fourth-order valence-corrected chi connectivity index (χ4v) is 5.66. The summed E-state index contributed by atoms with van der Waals surface area (Å²) in [5.41, 5.74) is 0.763. The van der Waals surface area contributed by atoms with E-state index in [1.54, 1.807) is 24.3 Å². The van der Waals surface area contributed by atoms with Crippen LogP contribution in [0.3, 0.4) is 0 Å². The fourth-order valence-electron chi connectivity index (χ4n) is 4.01. The first-order valence-corrected chi connectivity index (χ1v) is 10.6. The summed E-state index contributed by atoms with van der Waals surface area (Å²) in [5.74, 6) is 0.0316. The van der Waals surface area contributed by atoms with Crippen molar-refractivity contribution in [3.63, 3.8) is 0 Å². The number of β-lactam (4-membered cyclic amide) rings is 1. The summed E-state index contributed by atoms with van der Waals surface area (Å²) >= 11 is 0. The second kappa shape index (κ2) is 6.63. The van der Waals surface area contributed by atoms with E-state index in [1.807, 2.05) is 44.2 Å². The molecule has 0 spiro atoms. The lowest BCUT2D eigenvalue weighted by Gasteiger charge is -2.53. The van der Waals surface area contributed by atoms with Gasteiger partial charge in [0.25, 0.3) is 10.0 Å². The number of hydrogen-bond acceptors (Lipinski definition) is 4. The van der Waals surface area contributed by atoms with E-state index in [-0.39, 0.29) is 4.90 Å². The number of rotatable bonds is 5. The van der Waals surface area contributed by atoms with Gasteiger partial charge in [-0.25, -0.2) is 12.7 Å². The lowest BCUT2D eigenvalue weighted by atomic mass is 9.65. The molecule has 2 atom stereocenters. The predicted molar refractivity (Wildman–Crippen MR) is 105 cm³/mol. The molecule has 0 aliphatic carbocycles. The third-order valence-corrected chi connectivity index (χ3v) is 7.28. The summed E-state index contributed by atoms with van der Waals surface area (Å²) in [5, 5.41) is 0. The van der Waals surface area contributed by atoms with Crippen LogP contribution >= 0.6 is 0 Å². The number of carbonyl (C=O) groups is 1. The van der Waals surface area contributed by atoms with E-state index in [1.165, 1.54) is 18.4 Å². The van der Waals surface area contributed by atoms with Crippen LogP contribution in [-0.2, 0) is 20.2 Å². The van der Waals surface area contributed by atoms with Gasteiger partial charge in [0.1, 0.15) is 17.2 Å². The van der Waals surface area contributed by atoms with Crippen molar-refractivity contribution < 1.29 is 17.6 Å². The number of furan rings is 1. The van der Waals surface area contributed by atoms with Crippen LogP contribution in [0.5, 0.6) is 0 Å². The Bertz CT molecular complexity index is 1090. The Morgan fingerprint density at radius 2 is 1.68 bits per heavy atom. The largest absolute Gasteiger partial charge is 0.467 e. The molecule has 1 amide bonds. The maximum Gasteiger partial charge on any atom is 0.267 e. The predicted octanol–water partition coefficient (Wildman–Crippen LogP) is 4.21. The summed E-state index contributed by atoms with van der Waals surface area (Å²) in [6.45, 7) is 3.78. The minimum Gasteiger partial charge on any atom is -0.467 e. The average molecular weight is 395 g/mol. The Hall–Kier alpha value is -2.86. The minimum absolute atomic E-state index is 0.0979. The molecule has 2 heterocycles. The van der Waals surface area contributed by atoms with Crippen molar-refractivity contribution in [3.05, 3.63) is 89.9 Å². The van der Waals surface area contributed by atoms with E-state index in [0.717, 1.165) is 15.4 Å². The zero-order chi connectivity index (χ0) is 19.9. The highest BCUT2D eigenvalue weighted by atomic mass is 32.2. The monoisotopic (exact) mass is 395 g/mol. The molecule has 144 valence electrons. The third kappa shape index (κ3) is 2.52. The molecule has 3 aromatic rings. The maximum atomic E-state index is 13.4. The molecular weight excluding hydrogens is 374 g/mol. The molecule has 28 heavy (non-hydrogen) atoms. The Labute approximate surface area is 164 Å². The molecule has 1 fully saturated rings. The van der Waals surface area contributed by atoms with Crippen LogP contribution < -0.4 is 0 Å². The van der Waals surface area contributed by atoms with Gasteiger partial charge in [-0.05, 0) is 43.2 Å². The summed E-state index contributed by atoms with van der Waals surface area (Å²) in [7, 11) is -4.01. The van der Waals surface area contributed by atoms with Crippen molar-refractivity contribution in [1.29, 1.82) is 0 Å². The lowest BCUT2D eigenvalue weighted by Crippen LogP contribution is -2.67. The molecule has 2 aromatic carbocycles. The highest BCUT2D eigenvalue weighted by Crippen LogP contribution is 2.56. The molecule has 4 rings (SSSR count). The third-order valence-electron chi connectivity index (χ3n) is 5.52. The first-order chi connectivity index (χ1) is 13.4.